The zero-order chi connectivity index (χ0) is 13.3. The molecule has 4 nitrogen and oxygen atoms in total. The molecular formula is C11H9F3N2O2. The van der Waals surface area contributed by atoms with Gasteiger partial charge in [-0.25, -0.2) is 4.39 Å². The first-order valence-corrected chi connectivity index (χ1v) is 5.18. The number of rotatable bonds is 2. The lowest BCUT2D eigenvalue weighted by Gasteiger charge is -2.18. The lowest BCUT2D eigenvalue weighted by atomic mass is 10.0. The standard InChI is InChI=1S/C11H9F3N2O2/c12-6-3-5-1-2-9(17)15-7(5)4-8(6)16-11(18)10(13)14/h3-4,10H,1-2H2,(H,15,17)(H,16,18). The van der Waals surface area contributed by atoms with Gasteiger partial charge in [0.25, 0.3) is 5.91 Å². The minimum Gasteiger partial charge on any atom is -0.326 e. The van der Waals surface area contributed by atoms with Crippen LogP contribution in [-0.4, -0.2) is 18.2 Å². The number of fused-ring (bicyclic) bond motifs is 1. The summed E-state index contributed by atoms with van der Waals surface area (Å²) in [6, 6.07) is 2.26. The third-order valence-electron chi connectivity index (χ3n) is 2.54. The van der Waals surface area contributed by atoms with Crippen LogP contribution >= 0.6 is 0 Å². The van der Waals surface area contributed by atoms with Gasteiger partial charge in [0, 0.05) is 12.1 Å². The molecule has 1 aromatic carbocycles. The highest BCUT2D eigenvalue weighted by molar-refractivity contribution is 5.97. The SMILES string of the molecule is O=C1CCc2cc(F)c(NC(=O)C(F)F)cc2N1. The van der Waals surface area contributed by atoms with Crippen molar-refractivity contribution in [3.05, 3.63) is 23.5 Å². The van der Waals surface area contributed by atoms with Crippen molar-refractivity contribution in [3.63, 3.8) is 0 Å². The van der Waals surface area contributed by atoms with Gasteiger partial charge in [-0.05, 0) is 24.1 Å². The molecule has 0 bridgehead atoms. The van der Waals surface area contributed by atoms with Crippen LogP contribution in [0.15, 0.2) is 12.1 Å². The highest BCUT2D eigenvalue weighted by Gasteiger charge is 2.21. The van der Waals surface area contributed by atoms with E-state index in [9.17, 15) is 22.8 Å². The lowest BCUT2D eigenvalue weighted by Crippen LogP contribution is -2.23. The molecule has 0 unspecified atom stereocenters. The summed E-state index contributed by atoms with van der Waals surface area (Å²) in [5, 5.41) is 4.24. The van der Waals surface area contributed by atoms with E-state index in [0.717, 1.165) is 12.1 Å². The Bertz CT molecular complexity index is 517. The number of alkyl halides is 2. The Labute approximate surface area is 100 Å². The molecule has 18 heavy (non-hydrogen) atoms. The van der Waals surface area contributed by atoms with Gasteiger partial charge >= 0.3 is 6.43 Å². The normalized spacial score (nSPS) is 14.1. The number of amides is 2. The van der Waals surface area contributed by atoms with E-state index in [1.54, 1.807) is 5.32 Å². The van der Waals surface area contributed by atoms with Crippen LogP contribution in [0.3, 0.4) is 0 Å². The molecule has 0 saturated carbocycles. The smallest absolute Gasteiger partial charge is 0.315 e. The number of carbonyl (C=O) groups is 2. The molecule has 0 radical (unpaired) electrons. The second-order valence-electron chi connectivity index (χ2n) is 3.83. The minimum atomic E-state index is -3.23. The Hall–Kier alpha value is -2.05. The van der Waals surface area contributed by atoms with Crippen molar-refractivity contribution in [1.82, 2.24) is 0 Å². The lowest BCUT2D eigenvalue weighted by molar-refractivity contribution is -0.126. The van der Waals surface area contributed by atoms with Gasteiger partial charge in [0.2, 0.25) is 5.91 Å². The molecule has 0 atom stereocenters. The van der Waals surface area contributed by atoms with Crippen LogP contribution in [0.2, 0.25) is 0 Å². The number of halogens is 3. The van der Waals surface area contributed by atoms with Gasteiger partial charge in [-0.3, -0.25) is 9.59 Å². The summed E-state index contributed by atoms with van der Waals surface area (Å²) in [5.74, 6) is -2.63. The van der Waals surface area contributed by atoms with Gasteiger partial charge in [-0.1, -0.05) is 0 Å². The quantitative estimate of drug-likeness (QED) is 0.851. The van der Waals surface area contributed by atoms with Crippen molar-refractivity contribution in [1.29, 1.82) is 0 Å². The van der Waals surface area contributed by atoms with Gasteiger partial charge in [0.15, 0.2) is 0 Å². The third kappa shape index (κ3) is 2.44. The molecule has 0 aromatic heterocycles. The molecule has 1 aromatic rings. The Morgan fingerprint density at radius 1 is 1.33 bits per heavy atom. The molecule has 0 spiro atoms. The van der Waals surface area contributed by atoms with E-state index >= 15 is 0 Å². The van der Waals surface area contributed by atoms with Crippen LogP contribution in [0.5, 0.6) is 0 Å². The average molecular weight is 258 g/mol. The maximum atomic E-state index is 13.5. The van der Waals surface area contributed by atoms with E-state index < -0.39 is 18.1 Å². The van der Waals surface area contributed by atoms with Crippen LogP contribution < -0.4 is 10.6 Å². The summed E-state index contributed by atoms with van der Waals surface area (Å²) >= 11 is 0. The van der Waals surface area contributed by atoms with E-state index in [0.29, 0.717) is 17.7 Å². The fourth-order valence-corrected chi connectivity index (χ4v) is 1.68. The summed E-state index contributed by atoms with van der Waals surface area (Å²) in [4.78, 5) is 21.9. The molecule has 1 heterocycles. The highest BCUT2D eigenvalue weighted by Crippen LogP contribution is 2.28. The fraction of sp³-hybridized carbons (Fsp3) is 0.273. The van der Waals surface area contributed by atoms with Gasteiger partial charge in [0.05, 0.1) is 5.69 Å². The van der Waals surface area contributed by atoms with Crippen molar-refractivity contribution >= 4 is 23.2 Å². The first kappa shape index (κ1) is 12.4. The number of hydrogen-bond acceptors (Lipinski definition) is 2. The predicted octanol–water partition coefficient (Wildman–Crippen LogP) is 1.91. The van der Waals surface area contributed by atoms with Gasteiger partial charge in [0.1, 0.15) is 5.82 Å². The highest BCUT2D eigenvalue weighted by atomic mass is 19.3. The van der Waals surface area contributed by atoms with Crippen LogP contribution in [0, 0.1) is 5.82 Å². The number of benzene rings is 1. The van der Waals surface area contributed by atoms with E-state index in [-0.39, 0.29) is 18.0 Å². The maximum absolute atomic E-state index is 13.5. The zero-order valence-electron chi connectivity index (χ0n) is 9.10. The second kappa shape index (κ2) is 4.67. The summed E-state index contributed by atoms with van der Waals surface area (Å²) in [5.41, 5.74) is 0.528. The molecule has 2 N–H and O–H groups in total. The number of aryl methyl sites for hydroxylation is 1. The molecule has 0 saturated heterocycles. The molecular weight excluding hydrogens is 249 g/mol. The summed E-state index contributed by atoms with van der Waals surface area (Å²) < 4.78 is 37.6. The molecule has 2 rings (SSSR count). The van der Waals surface area contributed by atoms with Gasteiger partial charge < -0.3 is 10.6 Å². The van der Waals surface area contributed by atoms with Gasteiger partial charge in [-0.2, -0.15) is 8.78 Å². The number of anilines is 2. The van der Waals surface area contributed by atoms with E-state index in [1.807, 2.05) is 0 Å². The largest absolute Gasteiger partial charge is 0.326 e. The first-order chi connectivity index (χ1) is 8.47. The van der Waals surface area contributed by atoms with Crippen LogP contribution in [0.1, 0.15) is 12.0 Å². The third-order valence-corrected chi connectivity index (χ3v) is 2.54. The maximum Gasteiger partial charge on any atom is 0.315 e. The molecule has 2 amide bonds. The van der Waals surface area contributed by atoms with Crippen molar-refractivity contribution in [2.75, 3.05) is 10.6 Å². The molecule has 7 heteroatoms. The number of hydrogen-bond donors (Lipinski definition) is 2. The Morgan fingerprint density at radius 2 is 2.06 bits per heavy atom. The van der Waals surface area contributed by atoms with Crippen molar-refractivity contribution < 1.29 is 22.8 Å². The Kier molecular flexibility index (Phi) is 3.22. The average Bonchev–Trinajstić information content (AvgIpc) is 2.30. The number of nitrogens with one attached hydrogen (secondary N) is 2. The van der Waals surface area contributed by atoms with Crippen LogP contribution in [-0.2, 0) is 16.0 Å². The van der Waals surface area contributed by atoms with Crippen molar-refractivity contribution in [3.8, 4) is 0 Å². The monoisotopic (exact) mass is 258 g/mol. The summed E-state index contributed by atoms with van der Waals surface area (Å²) in [6.45, 7) is 0. The van der Waals surface area contributed by atoms with E-state index in [1.165, 1.54) is 0 Å². The Morgan fingerprint density at radius 3 is 2.72 bits per heavy atom. The van der Waals surface area contributed by atoms with Gasteiger partial charge in [-0.15, -0.1) is 0 Å². The van der Waals surface area contributed by atoms with E-state index in [2.05, 4.69) is 5.32 Å². The Balaban J connectivity index is 2.29. The van der Waals surface area contributed by atoms with Crippen LogP contribution in [0.25, 0.3) is 0 Å². The summed E-state index contributed by atoms with van der Waals surface area (Å²) in [6.07, 6.45) is -2.61. The van der Waals surface area contributed by atoms with Crippen molar-refractivity contribution in [2.24, 2.45) is 0 Å². The van der Waals surface area contributed by atoms with E-state index in [4.69, 9.17) is 0 Å². The second-order valence-corrected chi connectivity index (χ2v) is 3.83. The zero-order valence-corrected chi connectivity index (χ0v) is 9.10. The van der Waals surface area contributed by atoms with Crippen LogP contribution in [0.4, 0.5) is 24.5 Å². The molecule has 1 aliphatic heterocycles. The molecule has 0 aliphatic carbocycles. The molecule has 96 valence electrons. The minimum absolute atomic E-state index is 0.236. The topological polar surface area (TPSA) is 58.2 Å². The fourth-order valence-electron chi connectivity index (χ4n) is 1.68. The summed E-state index contributed by atoms with van der Waals surface area (Å²) in [7, 11) is 0. The molecule has 1 aliphatic rings. The first-order valence-electron chi connectivity index (χ1n) is 5.18. The number of carbonyl (C=O) groups excluding carboxylic acids is 2. The predicted molar refractivity (Wildman–Crippen MR) is 58.0 cm³/mol. The van der Waals surface area contributed by atoms with Crippen molar-refractivity contribution in [2.45, 2.75) is 19.3 Å². The molecule has 0 fully saturated rings.